The van der Waals surface area contributed by atoms with Gasteiger partial charge >= 0.3 is 0 Å². The monoisotopic (exact) mass is 1290 g/mol. The highest BCUT2D eigenvalue weighted by molar-refractivity contribution is 6.13. The normalized spacial score (nSPS) is 13.4. The van der Waals surface area contributed by atoms with E-state index in [1.807, 2.05) is 0 Å². The summed E-state index contributed by atoms with van der Waals surface area (Å²) in [5.41, 5.74) is 33.6. The molecule has 101 heavy (non-hydrogen) atoms. The number of fused-ring (bicyclic) bond motifs is 20. The molecule has 1 spiro atoms. The van der Waals surface area contributed by atoms with Gasteiger partial charge in [-0.2, -0.15) is 0 Å². The van der Waals surface area contributed by atoms with Gasteiger partial charge in [0.05, 0.1) is 44.4 Å². The van der Waals surface area contributed by atoms with Gasteiger partial charge in [0.2, 0.25) is 5.95 Å². The van der Waals surface area contributed by atoms with Gasteiger partial charge in [-0.05, 0) is 192 Å². The topological polar surface area (TPSA) is 38.9 Å². The summed E-state index contributed by atoms with van der Waals surface area (Å²) in [5, 5.41) is 5.74. The quantitative estimate of drug-likeness (QED) is 0.145. The maximum atomic E-state index is 5.60. The van der Waals surface area contributed by atoms with Gasteiger partial charge in [-0.1, -0.05) is 263 Å². The van der Waals surface area contributed by atoms with Crippen LogP contribution < -0.4 is 4.90 Å². The zero-order chi connectivity index (χ0) is 66.7. The maximum absolute atomic E-state index is 5.60. The highest BCUT2D eigenvalue weighted by atomic mass is 15.2. The summed E-state index contributed by atoms with van der Waals surface area (Å²) in [4.78, 5) is 13.6. The molecule has 0 fully saturated rings. The standard InChI is InChI=1S/C96H63N5/c1-95(2)80-35-15-9-29-70(80)73-51-50-69(59-85(73)95)99(91-42-22-39-84-92(91)76-34-12-18-38-83(76)96(84)81-36-16-10-30-71(81)72-31-11-17-37-82(72)96)68-48-43-60(44-49-68)62-25-21-26-63(55-62)64-45-52-86-79(58-64)93(61-23-5-3-6-24-61)98-94(97-86)101-88-41-20-14-33-75(88)78-57-66(47-54-90(78)101)65-46-53-89-77(56-65)74-32-13-19-40-87(74)100(89)67-27-7-4-8-28-67/h3-59H,1-2H3. The summed E-state index contributed by atoms with van der Waals surface area (Å²) in [6, 6.07) is 128. The summed E-state index contributed by atoms with van der Waals surface area (Å²) in [5.74, 6) is 0.628. The minimum absolute atomic E-state index is 0.189. The maximum Gasteiger partial charge on any atom is 0.235 e. The number of hydrogen-bond acceptors (Lipinski definition) is 3. The molecule has 3 aliphatic carbocycles. The summed E-state index contributed by atoms with van der Waals surface area (Å²) in [7, 11) is 0. The van der Waals surface area contributed by atoms with Crippen molar-refractivity contribution in [3.63, 3.8) is 0 Å². The van der Waals surface area contributed by atoms with Crippen molar-refractivity contribution in [1.29, 1.82) is 0 Å². The molecule has 21 rings (SSSR count). The zero-order valence-electron chi connectivity index (χ0n) is 55.6. The molecule has 0 atom stereocenters. The lowest BCUT2D eigenvalue weighted by Crippen LogP contribution is -2.26. The highest BCUT2D eigenvalue weighted by Gasteiger charge is 2.52. The minimum atomic E-state index is -0.478. The fourth-order valence-corrected chi connectivity index (χ4v) is 17.8. The smallest absolute Gasteiger partial charge is 0.235 e. The average molecular weight is 1290 g/mol. The van der Waals surface area contributed by atoms with Gasteiger partial charge in [0.25, 0.3) is 0 Å². The summed E-state index contributed by atoms with van der Waals surface area (Å²) in [6.45, 7) is 4.76. The number of para-hydroxylation sites is 3. The van der Waals surface area contributed by atoms with Crippen LogP contribution in [0.15, 0.2) is 346 Å². The van der Waals surface area contributed by atoms with Crippen LogP contribution in [0, 0.1) is 0 Å². The SMILES string of the molecule is CC1(C)c2ccccc2-c2ccc(N(c3ccc(-c4cccc(-c5ccc6nc(-n7c8ccccc8c8cc(-c9ccc%10c(c9)c9ccccc9n%10-c9ccccc9)ccc87)nc(-c7ccccc7)c6c5)c4)cc3)c3cccc4c3-c3ccccc3C43c4ccccc4-c4ccccc43)cc21. The van der Waals surface area contributed by atoms with Gasteiger partial charge in [-0.25, -0.2) is 9.97 Å². The van der Waals surface area contributed by atoms with E-state index in [9.17, 15) is 0 Å². The van der Waals surface area contributed by atoms with Crippen LogP contribution in [0.2, 0.25) is 0 Å². The number of anilines is 3. The molecule has 3 heterocycles. The molecule has 5 nitrogen and oxygen atoms in total. The lowest BCUT2D eigenvalue weighted by atomic mass is 9.70. The molecule has 0 bridgehead atoms. The van der Waals surface area contributed by atoms with Crippen LogP contribution in [-0.2, 0) is 10.8 Å². The van der Waals surface area contributed by atoms with Crippen LogP contribution in [0.3, 0.4) is 0 Å². The van der Waals surface area contributed by atoms with E-state index in [0.717, 1.165) is 94.5 Å². The Bertz CT molecular complexity index is 6440. The van der Waals surface area contributed by atoms with Crippen molar-refractivity contribution in [2.45, 2.75) is 24.7 Å². The van der Waals surface area contributed by atoms with E-state index in [0.29, 0.717) is 5.95 Å². The van der Waals surface area contributed by atoms with E-state index in [-0.39, 0.29) is 5.41 Å². The van der Waals surface area contributed by atoms with Crippen LogP contribution in [-0.4, -0.2) is 19.1 Å². The Balaban J connectivity index is 0.661. The predicted octanol–water partition coefficient (Wildman–Crippen LogP) is 24.6. The first-order valence-electron chi connectivity index (χ1n) is 35.0. The van der Waals surface area contributed by atoms with E-state index in [1.54, 1.807) is 0 Å². The van der Waals surface area contributed by atoms with Crippen molar-refractivity contribution in [2.24, 2.45) is 0 Å². The number of aromatic nitrogens is 4. The molecular formula is C96H63N5. The first-order chi connectivity index (χ1) is 49.8. The Labute approximate surface area is 585 Å². The molecule has 0 saturated carbocycles. The van der Waals surface area contributed by atoms with Gasteiger partial charge in [0.1, 0.15) is 0 Å². The molecule has 3 aliphatic rings. The second kappa shape index (κ2) is 21.8. The van der Waals surface area contributed by atoms with Crippen LogP contribution in [0.1, 0.15) is 47.2 Å². The average Bonchev–Trinajstić information content (AvgIpc) is 1.51. The van der Waals surface area contributed by atoms with Gasteiger partial charge in [-0.3, -0.25) is 4.57 Å². The van der Waals surface area contributed by atoms with Gasteiger partial charge in [-0.15, -0.1) is 0 Å². The third-order valence-corrected chi connectivity index (χ3v) is 22.3. The number of hydrogen-bond donors (Lipinski definition) is 0. The molecule has 5 heteroatoms. The summed E-state index contributed by atoms with van der Waals surface area (Å²) >= 11 is 0. The highest BCUT2D eigenvalue weighted by Crippen LogP contribution is 2.65. The molecule has 0 radical (unpaired) electrons. The van der Waals surface area contributed by atoms with Gasteiger partial charge < -0.3 is 9.47 Å². The summed E-state index contributed by atoms with van der Waals surface area (Å²) < 4.78 is 4.62. The molecule has 0 N–H and O–H groups in total. The van der Waals surface area contributed by atoms with Gasteiger partial charge in [0.15, 0.2) is 0 Å². The van der Waals surface area contributed by atoms with E-state index in [2.05, 4.69) is 374 Å². The second-order valence-corrected chi connectivity index (χ2v) is 27.9. The summed E-state index contributed by atoms with van der Waals surface area (Å²) in [6.07, 6.45) is 0. The van der Waals surface area contributed by atoms with Crippen LogP contribution in [0.25, 0.3) is 144 Å². The first kappa shape index (κ1) is 57.1. The molecule has 0 aliphatic heterocycles. The molecular weight excluding hydrogens is 1220 g/mol. The van der Waals surface area contributed by atoms with E-state index in [4.69, 9.17) is 9.97 Å². The van der Waals surface area contributed by atoms with Crippen molar-refractivity contribution < 1.29 is 0 Å². The Kier molecular flexibility index (Phi) is 12.3. The second-order valence-electron chi connectivity index (χ2n) is 27.9. The number of benzene rings is 15. The molecule has 0 amide bonds. The van der Waals surface area contributed by atoms with E-state index < -0.39 is 5.41 Å². The number of nitrogens with zero attached hydrogens (tertiary/aromatic N) is 5. The van der Waals surface area contributed by atoms with E-state index >= 15 is 0 Å². The van der Waals surface area contributed by atoms with Crippen LogP contribution >= 0.6 is 0 Å². The lowest BCUT2D eigenvalue weighted by Gasteiger charge is -2.32. The Morgan fingerprint density at radius 1 is 0.277 bits per heavy atom. The first-order valence-corrected chi connectivity index (χ1v) is 35.0. The van der Waals surface area contributed by atoms with Crippen LogP contribution in [0.5, 0.6) is 0 Å². The largest absolute Gasteiger partial charge is 0.310 e. The van der Waals surface area contributed by atoms with Crippen molar-refractivity contribution in [1.82, 2.24) is 19.1 Å². The number of rotatable bonds is 9. The van der Waals surface area contributed by atoms with Gasteiger partial charge in [0, 0.05) is 60.5 Å². The Morgan fingerprint density at radius 2 is 0.733 bits per heavy atom. The molecule has 15 aromatic carbocycles. The molecule has 0 saturated heterocycles. The molecule has 3 aromatic heterocycles. The van der Waals surface area contributed by atoms with Crippen molar-refractivity contribution in [3.8, 4) is 89.7 Å². The fraction of sp³-hybridized carbons (Fsp3) is 0.0417. The fourth-order valence-electron chi connectivity index (χ4n) is 17.8. The molecule has 18 aromatic rings. The third kappa shape index (κ3) is 8.32. The molecule has 472 valence electrons. The van der Waals surface area contributed by atoms with Crippen LogP contribution in [0.4, 0.5) is 17.1 Å². The zero-order valence-corrected chi connectivity index (χ0v) is 55.6. The van der Waals surface area contributed by atoms with E-state index in [1.165, 1.54) is 94.1 Å². The van der Waals surface area contributed by atoms with Crippen molar-refractivity contribution in [2.75, 3.05) is 4.90 Å². The predicted molar refractivity (Wildman–Crippen MR) is 419 cm³/mol. The Morgan fingerprint density at radius 3 is 1.41 bits per heavy atom. The Hall–Kier alpha value is -13.0. The lowest BCUT2D eigenvalue weighted by molar-refractivity contribution is 0.660. The van der Waals surface area contributed by atoms with Crippen molar-refractivity contribution >= 4 is 71.6 Å². The molecule has 0 unspecified atom stereocenters. The third-order valence-electron chi connectivity index (χ3n) is 22.3. The van der Waals surface area contributed by atoms with Crippen molar-refractivity contribution in [3.05, 3.63) is 379 Å². The minimum Gasteiger partial charge on any atom is -0.310 e.